The average Bonchev–Trinajstić information content (AvgIpc) is 2.73. The molecule has 1 unspecified atom stereocenters. The van der Waals surface area contributed by atoms with Crippen molar-refractivity contribution in [1.29, 1.82) is 0 Å². The molecular formula is C16H24N2O2S. The number of hydrogen-bond acceptors (Lipinski definition) is 5. The molecule has 1 aromatic heterocycles. The van der Waals surface area contributed by atoms with E-state index >= 15 is 0 Å². The van der Waals surface area contributed by atoms with E-state index in [2.05, 4.69) is 16.8 Å². The van der Waals surface area contributed by atoms with Crippen LogP contribution in [0, 0.1) is 0 Å². The summed E-state index contributed by atoms with van der Waals surface area (Å²) in [6.45, 7) is 6.34. The van der Waals surface area contributed by atoms with Gasteiger partial charge in [0.2, 0.25) is 0 Å². The highest BCUT2D eigenvalue weighted by Crippen LogP contribution is 2.27. The first-order valence-corrected chi connectivity index (χ1v) is 8.79. The number of hydrogen-bond donors (Lipinski definition) is 0. The van der Waals surface area contributed by atoms with Crippen molar-refractivity contribution in [2.24, 2.45) is 0 Å². The number of rotatable bonds is 5. The normalized spacial score (nSPS) is 19.1. The molecule has 1 atom stereocenters. The Bertz CT molecular complexity index is 467. The van der Waals surface area contributed by atoms with Gasteiger partial charge >= 0.3 is 5.97 Å². The third-order valence-electron chi connectivity index (χ3n) is 3.61. The summed E-state index contributed by atoms with van der Waals surface area (Å²) in [5.41, 5.74) is 0.585. The smallest absolute Gasteiger partial charge is 0.341 e. The zero-order valence-corrected chi connectivity index (χ0v) is 13.7. The average molecular weight is 308 g/mol. The molecule has 0 N–H and O–H groups in total. The first-order valence-electron chi connectivity index (χ1n) is 7.75. The highest BCUT2D eigenvalue weighted by molar-refractivity contribution is 7.99. The predicted molar refractivity (Wildman–Crippen MR) is 88.2 cm³/mol. The number of carbonyl (C=O) groups excluding carboxylic acids is 1. The Hall–Kier alpha value is -1.23. The molecule has 0 saturated carbocycles. The lowest BCUT2D eigenvalue weighted by atomic mass is 10.2. The molecule has 0 amide bonds. The molecule has 1 aliphatic heterocycles. The summed E-state index contributed by atoms with van der Waals surface area (Å²) in [7, 11) is 0. The van der Waals surface area contributed by atoms with Gasteiger partial charge in [0.05, 0.1) is 6.61 Å². The fourth-order valence-electron chi connectivity index (χ4n) is 2.68. The van der Waals surface area contributed by atoms with Crippen LogP contribution in [-0.2, 0) is 4.74 Å². The molecule has 1 aliphatic rings. The van der Waals surface area contributed by atoms with Gasteiger partial charge in [-0.3, -0.25) is 0 Å². The number of esters is 1. The number of thioether (sulfide) groups is 1. The molecule has 2 heterocycles. The summed E-state index contributed by atoms with van der Waals surface area (Å²) >= 11 is 2.00. The van der Waals surface area contributed by atoms with Gasteiger partial charge in [-0.25, -0.2) is 9.78 Å². The van der Waals surface area contributed by atoms with E-state index in [0.717, 1.165) is 31.1 Å². The number of anilines is 1. The van der Waals surface area contributed by atoms with Gasteiger partial charge in [-0.1, -0.05) is 13.3 Å². The second-order valence-corrected chi connectivity index (χ2v) is 6.69. The van der Waals surface area contributed by atoms with Crippen molar-refractivity contribution >= 4 is 23.5 Å². The number of pyridine rings is 1. The summed E-state index contributed by atoms with van der Waals surface area (Å²) in [5, 5.41) is 0.620. The Morgan fingerprint density at radius 1 is 1.48 bits per heavy atom. The molecule has 1 aromatic rings. The number of aromatic nitrogens is 1. The highest BCUT2D eigenvalue weighted by Gasteiger charge is 2.23. The van der Waals surface area contributed by atoms with Crippen molar-refractivity contribution in [2.75, 3.05) is 30.3 Å². The Morgan fingerprint density at radius 2 is 2.33 bits per heavy atom. The Balaban J connectivity index is 2.21. The maximum Gasteiger partial charge on any atom is 0.341 e. The first-order chi connectivity index (χ1) is 10.3. The maximum atomic E-state index is 12.1. The Labute approximate surface area is 131 Å². The third-order valence-corrected chi connectivity index (χ3v) is 4.80. The van der Waals surface area contributed by atoms with Crippen LogP contribution in [0.5, 0.6) is 0 Å². The molecular weight excluding hydrogens is 284 g/mol. The molecule has 1 fully saturated rings. The molecule has 116 valence electrons. The zero-order valence-electron chi connectivity index (χ0n) is 12.9. The minimum absolute atomic E-state index is 0.274. The molecule has 0 spiro atoms. The van der Waals surface area contributed by atoms with Crippen molar-refractivity contribution in [3.63, 3.8) is 0 Å². The van der Waals surface area contributed by atoms with Gasteiger partial charge in [0.25, 0.3) is 0 Å². The zero-order chi connectivity index (χ0) is 15.1. The summed E-state index contributed by atoms with van der Waals surface area (Å²) in [6.07, 6.45) is 5.40. The fourth-order valence-corrected chi connectivity index (χ4v) is 3.77. The molecule has 2 rings (SSSR count). The van der Waals surface area contributed by atoms with Crippen LogP contribution in [0.2, 0.25) is 0 Å². The molecule has 1 saturated heterocycles. The second kappa shape index (κ2) is 8.27. The van der Waals surface area contributed by atoms with Crippen molar-refractivity contribution < 1.29 is 9.53 Å². The molecule has 0 bridgehead atoms. The minimum atomic E-state index is -0.274. The van der Waals surface area contributed by atoms with E-state index in [4.69, 9.17) is 4.74 Å². The molecule has 5 heteroatoms. The standard InChI is InChI=1S/C16H24N2O2S/c1-3-20-16(19)14-9-7-10-17-15(14)18-11-6-5-8-13(12-18)21-4-2/h7,9-10,13H,3-6,8,11-12H2,1-2H3. The van der Waals surface area contributed by atoms with Crippen molar-refractivity contribution in [3.8, 4) is 0 Å². The molecule has 21 heavy (non-hydrogen) atoms. The van der Waals surface area contributed by atoms with E-state index in [1.807, 2.05) is 24.8 Å². The van der Waals surface area contributed by atoms with E-state index in [9.17, 15) is 4.79 Å². The highest BCUT2D eigenvalue weighted by atomic mass is 32.2. The van der Waals surface area contributed by atoms with Crippen LogP contribution in [0.15, 0.2) is 18.3 Å². The summed E-state index contributed by atoms with van der Waals surface area (Å²) in [6, 6.07) is 3.61. The van der Waals surface area contributed by atoms with Crippen molar-refractivity contribution in [1.82, 2.24) is 4.98 Å². The SMILES string of the molecule is CCOC(=O)c1cccnc1N1CCCCC(SCC)C1. The fraction of sp³-hybridized carbons (Fsp3) is 0.625. The van der Waals surface area contributed by atoms with E-state index < -0.39 is 0 Å². The monoisotopic (exact) mass is 308 g/mol. The van der Waals surface area contributed by atoms with Gasteiger partial charge in [-0.2, -0.15) is 11.8 Å². The van der Waals surface area contributed by atoms with E-state index in [-0.39, 0.29) is 5.97 Å². The predicted octanol–water partition coefficient (Wildman–Crippen LogP) is 3.37. The third kappa shape index (κ3) is 4.37. The van der Waals surface area contributed by atoms with Crippen LogP contribution >= 0.6 is 11.8 Å². The first kappa shape index (κ1) is 16.1. The number of carbonyl (C=O) groups is 1. The number of ether oxygens (including phenoxy) is 1. The van der Waals surface area contributed by atoms with E-state index in [1.54, 1.807) is 12.3 Å². The Kier molecular flexibility index (Phi) is 6.36. The topological polar surface area (TPSA) is 42.4 Å². The van der Waals surface area contributed by atoms with Gasteiger partial charge in [-0.15, -0.1) is 0 Å². The van der Waals surface area contributed by atoms with Gasteiger partial charge in [0.1, 0.15) is 11.4 Å². The van der Waals surface area contributed by atoms with Crippen LogP contribution in [0.1, 0.15) is 43.5 Å². The number of nitrogens with zero attached hydrogens (tertiary/aromatic N) is 2. The quantitative estimate of drug-likeness (QED) is 0.780. The van der Waals surface area contributed by atoms with Gasteiger partial charge in [0.15, 0.2) is 0 Å². The largest absolute Gasteiger partial charge is 0.462 e. The van der Waals surface area contributed by atoms with E-state index in [1.165, 1.54) is 12.8 Å². The second-order valence-electron chi connectivity index (χ2n) is 5.11. The van der Waals surface area contributed by atoms with Crippen LogP contribution in [0.25, 0.3) is 0 Å². The minimum Gasteiger partial charge on any atom is -0.462 e. The molecule has 4 nitrogen and oxygen atoms in total. The molecule has 0 aromatic carbocycles. The van der Waals surface area contributed by atoms with E-state index in [0.29, 0.717) is 17.4 Å². The van der Waals surface area contributed by atoms with Crippen LogP contribution in [-0.4, -0.2) is 41.7 Å². The van der Waals surface area contributed by atoms with Crippen molar-refractivity contribution in [3.05, 3.63) is 23.9 Å². The summed E-state index contributed by atoms with van der Waals surface area (Å²) in [5.74, 6) is 1.63. The molecule has 0 aliphatic carbocycles. The summed E-state index contributed by atoms with van der Waals surface area (Å²) in [4.78, 5) is 18.8. The van der Waals surface area contributed by atoms with Gasteiger partial charge in [0, 0.05) is 24.5 Å². The summed E-state index contributed by atoms with van der Waals surface area (Å²) < 4.78 is 5.15. The van der Waals surface area contributed by atoms with Gasteiger partial charge < -0.3 is 9.64 Å². The molecule has 0 radical (unpaired) electrons. The lowest BCUT2D eigenvalue weighted by Crippen LogP contribution is -2.32. The lowest BCUT2D eigenvalue weighted by Gasteiger charge is -2.26. The Morgan fingerprint density at radius 3 is 3.10 bits per heavy atom. The van der Waals surface area contributed by atoms with Crippen LogP contribution in [0.3, 0.4) is 0 Å². The maximum absolute atomic E-state index is 12.1. The van der Waals surface area contributed by atoms with Crippen LogP contribution in [0.4, 0.5) is 5.82 Å². The van der Waals surface area contributed by atoms with Crippen molar-refractivity contribution in [2.45, 2.75) is 38.4 Å². The van der Waals surface area contributed by atoms with Gasteiger partial charge in [-0.05, 0) is 37.7 Å². The lowest BCUT2D eigenvalue weighted by molar-refractivity contribution is 0.0526. The van der Waals surface area contributed by atoms with Crippen LogP contribution < -0.4 is 4.90 Å².